The minimum atomic E-state index is -0.814. The van der Waals surface area contributed by atoms with Crippen molar-refractivity contribution >= 4 is 22.5 Å². The van der Waals surface area contributed by atoms with E-state index >= 15 is 0 Å². The van der Waals surface area contributed by atoms with E-state index in [0.29, 0.717) is 5.02 Å². The van der Waals surface area contributed by atoms with Gasteiger partial charge in [-0.2, -0.15) is 0 Å². The molecule has 0 saturated heterocycles. The van der Waals surface area contributed by atoms with E-state index in [0.717, 1.165) is 16.5 Å². The van der Waals surface area contributed by atoms with Crippen LogP contribution in [-0.4, -0.2) is 10.1 Å². The van der Waals surface area contributed by atoms with Gasteiger partial charge < -0.3 is 10.1 Å². The highest BCUT2D eigenvalue weighted by Gasteiger charge is 2.16. The van der Waals surface area contributed by atoms with Gasteiger partial charge in [0.05, 0.1) is 10.6 Å². The topological polar surface area (TPSA) is 36.0 Å². The Morgan fingerprint density at radius 3 is 2.71 bits per heavy atom. The maximum absolute atomic E-state index is 9.81. The molecule has 1 aromatic carbocycles. The number of H-pyrrole nitrogens is 1. The zero-order valence-corrected chi connectivity index (χ0v) is 8.89. The molecule has 0 aliphatic carbocycles. The van der Waals surface area contributed by atoms with Crippen molar-refractivity contribution in [3.8, 4) is 0 Å². The van der Waals surface area contributed by atoms with Crippen LogP contribution in [0.2, 0.25) is 5.02 Å². The van der Waals surface area contributed by atoms with Crippen LogP contribution in [0.3, 0.4) is 0 Å². The van der Waals surface area contributed by atoms with Crippen molar-refractivity contribution in [3.63, 3.8) is 0 Å². The Morgan fingerprint density at radius 1 is 1.36 bits per heavy atom. The van der Waals surface area contributed by atoms with Crippen molar-refractivity contribution in [1.29, 1.82) is 0 Å². The first-order valence-corrected chi connectivity index (χ1v) is 4.86. The molecule has 2 nitrogen and oxygen atoms in total. The van der Waals surface area contributed by atoms with Crippen LogP contribution in [0.4, 0.5) is 0 Å². The third-order valence-electron chi connectivity index (χ3n) is 2.34. The molecule has 0 aliphatic rings. The predicted molar refractivity (Wildman–Crippen MR) is 58.6 cm³/mol. The highest BCUT2D eigenvalue weighted by atomic mass is 35.5. The van der Waals surface area contributed by atoms with Gasteiger partial charge in [-0.25, -0.2) is 0 Å². The van der Waals surface area contributed by atoms with Crippen molar-refractivity contribution in [3.05, 3.63) is 35.0 Å². The van der Waals surface area contributed by atoms with Crippen molar-refractivity contribution in [2.45, 2.75) is 19.4 Å². The Balaban J connectivity index is 2.63. The Kier molecular flexibility index (Phi) is 2.05. The van der Waals surface area contributed by atoms with Crippen LogP contribution in [0.15, 0.2) is 24.4 Å². The molecular formula is C11H12ClNO. The first-order valence-electron chi connectivity index (χ1n) is 4.48. The molecule has 0 atom stereocenters. The molecule has 0 spiro atoms. The molecule has 0 radical (unpaired) electrons. The molecule has 0 unspecified atom stereocenters. The number of hydrogen-bond donors (Lipinski definition) is 2. The molecule has 0 saturated carbocycles. The Labute approximate surface area is 87.5 Å². The van der Waals surface area contributed by atoms with Crippen LogP contribution in [0.5, 0.6) is 0 Å². The summed E-state index contributed by atoms with van der Waals surface area (Å²) in [5, 5.41) is 11.5. The van der Waals surface area contributed by atoms with Crippen LogP contribution in [0.25, 0.3) is 10.9 Å². The van der Waals surface area contributed by atoms with Gasteiger partial charge in [0.1, 0.15) is 0 Å². The molecule has 3 heteroatoms. The van der Waals surface area contributed by atoms with E-state index in [-0.39, 0.29) is 0 Å². The first kappa shape index (κ1) is 9.56. The lowest BCUT2D eigenvalue weighted by Gasteiger charge is -2.17. The number of fused-ring (bicyclic) bond motifs is 1. The molecule has 1 aromatic heterocycles. The second kappa shape index (κ2) is 3.01. The second-order valence-electron chi connectivity index (χ2n) is 3.96. The molecule has 74 valence electrons. The molecule has 0 aliphatic heterocycles. The lowest BCUT2D eigenvalue weighted by Crippen LogP contribution is -2.14. The minimum absolute atomic E-state index is 0.710. The van der Waals surface area contributed by atoms with Gasteiger partial charge in [-0.1, -0.05) is 23.7 Å². The summed E-state index contributed by atoms with van der Waals surface area (Å²) < 4.78 is 0. The third-order valence-corrected chi connectivity index (χ3v) is 2.65. The van der Waals surface area contributed by atoms with E-state index in [9.17, 15) is 5.11 Å². The van der Waals surface area contributed by atoms with E-state index in [1.165, 1.54) is 0 Å². The largest absolute Gasteiger partial charge is 0.386 e. The number of nitrogens with one attached hydrogen (secondary N) is 1. The quantitative estimate of drug-likeness (QED) is 0.744. The standard InChI is InChI=1S/C11H12ClNO/c1-11(2,14)7-3-4-8-9(12)6-13-10(8)5-7/h3-6,13-14H,1-2H3. The van der Waals surface area contributed by atoms with Crippen LogP contribution < -0.4 is 0 Å². The monoisotopic (exact) mass is 209 g/mol. The van der Waals surface area contributed by atoms with Crippen molar-refractivity contribution in [1.82, 2.24) is 4.98 Å². The molecule has 1 heterocycles. The smallest absolute Gasteiger partial charge is 0.0841 e. The van der Waals surface area contributed by atoms with Gasteiger partial charge in [-0.3, -0.25) is 0 Å². The van der Waals surface area contributed by atoms with Gasteiger partial charge in [0.2, 0.25) is 0 Å². The number of aromatic nitrogens is 1. The molecule has 2 aromatic rings. The van der Waals surface area contributed by atoms with E-state index in [1.807, 2.05) is 18.2 Å². The molecule has 2 N–H and O–H groups in total. The maximum atomic E-state index is 9.81. The molecule has 14 heavy (non-hydrogen) atoms. The number of aromatic amines is 1. The lowest BCUT2D eigenvalue weighted by molar-refractivity contribution is 0.0787. The second-order valence-corrected chi connectivity index (χ2v) is 4.36. The van der Waals surface area contributed by atoms with E-state index < -0.39 is 5.60 Å². The summed E-state index contributed by atoms with van der Waals surface area (Å²) in [5.74, 6) is 0. The SMILES string of the molecule is CC(C)(O)c1ccc2c(Cl)c[nH]c2c1. The van der Waals surface area contributed by atoms with Gasteiger partial charge in [0, 0.05) is 17.1 Å². The summed E-state index contributed by atoms with van der Waals surface area (Å²) in [6.07, 6.45) is 1.75. The fraction of sp³-hybridized carbons (Fsp3) is 0.273. The van der Waals surface area contributed by atoms with Crippen molar-refractivity contribution < 1.29 is 5.11 Å². The lowest BCUT2D eigenvalue weighted by atomic mass is 9.98. The predicted octanol–water partition coefficient (Wildman–Crippen LogP) is 3.05. The third kappa shape index (κ3) is 1.51. The van der Waals surface area contributed by atoms with Gasteiger partial charge in [0.25, 0.3) is 0 Å². The Hall–Kier alpha value is -0.990. The summed E-state index contributed by atoms with van der Waals surface area (Å²) in [7, 11) is 0. The average Bonchev–Trinajstić information content (AvgIpc) is 2.46. The normalized spacial score (nSPS) is 12.3. The fourth-order valence-electron chi connectivity index (χ4n) is 1.47. The van der Waals surface area contributed by atoms with Crippen LogP contribution in [0, 0.1) is 0 Å². The number of hydrogen-bond acceptors (Lipinski definition) is 1. The maximum Gasteiger partial charge on any atom is 0.0841 e. The minimum Gasteiger partial charge on any atom is -0.386 e. The van der Waals surface area contributed by atoms with Crippen LogP contribution in [0.1, 0.15) is 19.4 Å². The molecule has 0 bridgehead atoms. The number of halogens is 1. The number of aliphatic hydroxyl groups is 1. The Morgan fingerprint density at radius 2 is 2.07 bits per heavy atom. The summed E-state index contributed by atoms with van der Waals surface area (Å²) >= 11 is 5.95. The van der Waals surface area contributed by atoms with Gasteiger partial charge >= 0.3 is 0 Å². The van der Waals surface area contributed by atoms with Crippen molar-refractivity contribution in [2.24, 2.45) is 0 Å². The van der Waals surface area contributed by atoms with E-state index in [1.54, 1.807) is 20.0 Å². The van der Waals surface area contributed by atoms with Gasteiger partial charge in [-0.05, 0) is 25.5 Å². The first-order chi connectivity index (χ1) is 6.48. The van der Waals surface area contributed by atoms with Gasteiger partial charge in [-0.15, -0.1) is 0 Å². The van der Waals surface area contributed by atoms with E-state index in [2.05, 4.69) is 4.98 Å². The average molecular weight is 210 g/mol. The van der Waals surface area contributed by atoms with Crippen LogP contribution in [-0.2, 0) is 5.60 Å². The zero-order chi connectivity index (χ0) is 10.3. The summed E-state index contributed by atoms with van der Waals surface area (Å²) in [5.41, 5.74) is 1.02. The molecule has 0 fully saturated rings. The molecular weight excluding hydrogens is 198 g/mol. The zero-order valence-electron chi connectivity index (χ0n) is 8.13. The molecule has 0 amide bonds. The number of benzene rings is 1. The highest BCUT2D eigenvalue weighted by molar-refractivity contribution is 6.35. The van der Waals surface area contributed by atoms with Gasteiger partial charge in [0.15, 0.2) is 0 Å². The fourth-order valence-corrected chi connectivity index (χ4v) is 1.69. The number of rotatable bonds is 1. The summed E-state index contributed by atoms with van der Waals surface area (Å²) in [6.45, 7) is 3.53. The summed E-state index contributed by atoms with van der Waals surface area (Å²) in [6, 6.07) is 5.73. The Bertz CT molecular complexity index is 468. The van der Waals surface area contributed by atoms with Crippen molar-refractivity contribution in [2.75, 3.05) is 0 Å². The van der Waals surface area contributed by atoms with Crippen LogP contribution >= 0.6 is 11.6 Å². The molecule has 2 rings (SSSR count). The highest BCUT2D eigenvalue weighted by Crippen LogP contribution is 2.27. The van der Waals surface area contributed by atoms with E-state index in [4.69, 9.17) is 11.6 Å². The summed E-state index contributed by atoms with van der Waals surface area (Å²) in [4.78, 5) is 3.06.